The molecule has 1 heterocycles. The van der Waals surface area contributed by atoms with Crippen molar-refractivity contribution >= 4 is 0 Å². The molecule has 1 N–H and O–H groups in total. The number of rotatable bonds is 4. The number of likely N-dealkylation sites (N-methyl/N-ethyl adjacent to an activating group) is 1. The molecule has 0 saturated carbocycles. The molecule has 0 spiro atoms. The van der Waals surface area contributed by atoms with E-state index < -0.39 is 0 Å². The van der Waals surface area contributed by atoms with Gasteiger partial charge in [0.05, 0.1) is 12.7 Å². The topological polar surface area (TPSA) is 24.5 Å². The minimum atomic E-state index is 0.314. The van der Waals surface area contributed by atoms with Crippen LogP contribution >= 0.6 is 0 Å². The largest absolute Gasteiger partial charge is 0.374 e. The highest BCUT2D eigenvalue weighted by Crippen LogP contribution is 2.02. The number of morpholine rings is 1. The fraction of sp³-hybridized carbons (Fsp3) is 0.818. The molecule has 1 saturated heterocycles. The van der Waals surface area contributed by atoms with Crippen LogP contribution in [0, 0.1) is 12.3 Å². The molecule has 0 radical (unpaired) electrons. The molecule has 1 rings (SSSR count). The van der Waals surface area contributed by atoms with E-state index >= 15 is 0 Å². The first-order valence-electron chi connectivity index (χ1n) is 5.19. The van der Waals surface area contributed by atoms with E-state index in [1.54, 1.807) is 0 Å². The van der Waals surface area contributed by atoms with Crippen molar-refractivity contribution in [2.45, 2.75) is 25.5 Å². The summed E-state index contributed by atoms with van der Waals surface area (Å²) in [6.45, 7) is 5.89. The zero-order valence-corrected chi connectivity index (χ0v) is 9.12. The third kappa shape index (κ3) is 4.10. The van der Waals surface area contributed by atoms with Gasteiger partial charge in [-0.05, 0) is 14.0 Å². The van der Waals surface area contributed by atoms with Gasteiger partial charge < -0.3 is 15.0 Å². The van der Waals surface area contributed by atoms with Gasteiger partial charge in [0.1, 0.15) is 0 Å². The van der Waals surface area contributed by atoms with Gasteiger partial charge in [-0.25, -0.2) is 0 Å². The molecule has 14 heavy (non-hydrogen) atoms. The Morgan fingerprint density at radius 2 is 2.50 bits per heavy atom. The van der Waals surface area contributed by atoms with Crippen LogP contribution in [0.15, 0.2) is 0 Å². The van der Waals surface area contributed by atoms with Crippen molar-refractivity contribution in [3.63, 3.8) is 0 Å². The van der Waals surface area contributed by atoms with Crippen molar-refractivity contribution in [1.82, 2.24) is 10.2 Å². The molecule has 0 aromatic heterocycles. The Kier molecular flexibility index (Phi) is 4.95. The first kappa shape index (κ1) is 11.5. The highest BCUT2D eigenvalue weighted by atomic mass is 16.5. The van der Waals surface area contributed by atoms with Crippen LogP contribution in [-0.2, 0) is 4.74 Å². The van der Waals surface area contributed by atoms with Gasteiger partial charge in [0, 0.05) is 32.1 Å². The predicted octanol–water partition coefficient (Wildman–Crippen LogP) is 0.318. The van der Waals surface area contributed by atoms with Crippen LogP contribution < -0.4 is 5.32 Å². The summed E-state index contributed by atoms with van der Waals surface area (Å²) in [5.74, 6) is 2.65. The molecule has 2 atom stereocenters. The second-order valence-corrected chi connectivity index (χ2v) is 3.97. The summed E-state index contributed by atoms with van der Waals surface area (Å²) in [4.78, 5) is 2.29. The van der Waals surface area contributed by atoms with Crippen LogP contribution in [0.5, 0.6) is 0 Å². The Balaban J connectivity index is 2.14. The van der Waals surface area contributed by atoms with Gasteiger partial charge in [0.2, 0.25) is 0 Å². The normalized spacial score (nSPS) is 25.6. The maximum Gasteiger partial charge on any atom is 0.0826 e. The van der Waals surface area contributed by atoms with Gasteiger partial charge in [-0.1, -0.05) is 0 Å². The Bertz CT molecular complexity index is 200. The smallest absolute Gasteiger partial charge is 0.0826 e. The van der Waals surface area contributed by atoms with Gasteiger partial charge >= 0.3 is 0 Å². The van der Waals surface area contributed by atoms with E-state index in [-0.39, 0.29) is 0 Å². The molecule has 0 bridgehead atoms. The maximum absolute atomic E-state index is 5.62. The molecule has 1 fully saturated rings. The average Bonchev–Trinajstić information content (AvgIpc) is 2.15. The lowest BCUT2D eigenvalue weighted by Crippen LogP contribution is -2.46. The van der Waals surface area contributed by atoms with Crippen LogP contribution in [0.1, 0.15) is 13.3 Å². The molecule has 1 aliphatic heterocycles. The lowest BCUT2D eigenvalue weighted by Gasteiger charge is -2.30. The Morgan fingerprint density at radius 3 is 3.14 bits per heavy atom. The number of ether oxygens (including phenoxy) is 1. The van der Waals surface area contributed by atoms with E-state index in [9.17, 15) is 0 Å². The Hall–Kier alpha value is -0.560. The summed E-state index contributed by atoms with van der Waals surface area (Å²) in [7, 11) is 2.13. The van der Waals surface area contributed by atoms with E-state index in [0.29, 0.717) is 12.1 Å². The van der Waals surface area contributed by atoms with Gasteiger partial charge in [-0.2, -0.15) is 0 Å². The van der Waals surface area contributed by atoms with Crippen LogP contribution in [0.2, 0.25) is 0 Å². The average molecular weight is 196 g/mol. The second-order valence-electron chi connectivity index (χ2n) is 3.97. The molecule has 3 nitrogen and oxygen atoms in total. The summed E-state index contributed by atoms with van der Waals surface area (Å²) >= 11 is 0. The van der Waals surface area contributed by atoms with Crippen molar-refractivity contribution in [2.75, 3.05) is 33.3 Å². The van der Waals surface area contributed by atoms with Crippen molar-refractivity contribution in [3.8, 4) is 12.3 Å². The zero-order valence-electron chi connectivity index (χ0n) is 9.12. The fourth-order valence-corrected chi connectivity index (χ4v) is 1.57. The minimum Gasteiger partial charge on any atom is -0.374 e. The monoisotopic (exact) mass is 196 g/mol. The van der Waals surface area contributed by atoms with Gasteiger partial charge in [-0.15, -0.1) is 12.3 Å². The number of hydrogen-bond acceptors (Lipinski definition) is 3. The van der Waals surface area contributed by atoms with Crippen LogP contribution in [-0.4, -0.2) is 50.3 Å². The summed E-state index contributed by atoms with van der Waals surface area (Å²) in [6, 6.07) is 0.385. The second kappa shape index (κ2) is 6.02. The SMILES string of the molecule is C#CCC(C)NCC1CN(C)CCO1. The number of nitrogens with one attached hydrogen (secondary N) is 1. The van der Waals surface area contributed by atoms with Gasteiger partial charge in [0.25, 0.3) is 0 Å². The van der Waals surface area contributed by atoms with E-state index in [2.05, 4.69) is 30.1 Å². The number of terminal acetylenes is 1. The molecule has 0 aliphatic carbocycles. The van der Waals surface area contributed by atoms with E-state index in [1.165, 1.54) is 0 Å². The predicted molar refractivity (Wildman–Crippen MR) is 58.2 cm³/mol. The van der Waals surface area contributed by atoms with Crippen molar-refractivity contribution in [1.29, 1.82) is 0 Å². The lowest BCUT2D eigenvalue weighted by atomic mass is 10.2. The first-order chi connectivity index (χ1) is 6.72. The minimum absolute atomic E-state index is 0.314. The van der Waals surface area contributed by atoms with Crippen LogP contribution in [0.25, 0.3) is 0 Å². The zero-order chi connectivity index (χ0) is 10.4. The number of nitrogens with zero attached hydrogens (tertiary/aromatic N) is 1. The molecule has 0 aromatic rings. The molecule has 1 aliphatic rings. The summed E-state index contributed by atoms with van der Waals surface area (Å²) in [5.41, 5.74) is 0. The highest BCUT2D eigenvalue weighted by Gasteiger charge is 2.17. The van der Waals surface area contributed by atoms with Gasteiger partial charge in [-0.3, -0.25) is 0 Å². The van der Waals surface area contributed by atoms with E-state index in [4.69, 9.17) is 11.2 Å². The molecule has 0 amide bonds. The number of hydrogen-bond donors (Lipinski definition) is 1. The first-order valence-corrected chi connectivity index (χ1v) is 5.19. The van der Waals surface area contributed by atoms with Crippen molar-refractivity contribution < 1.29 is 4.74 Å². The standard InChI is InChI=1S/C11H20N2O/c1-4-5-10(2)12-8-11-9-13(3)6-7-14-11/h1,10-12H,5-9H2,2-3H3. The van der Waals surface area contributed by atoms with Crippen LogP contribution in [0.4, 0.5) is 0 Å². The molecular formula is C11H20N2O. The Morgan fingerprint density at radius 1 is 1.71 bits per heavy atom. The van der Waals surface area contributed by atoms with Crippen LogP contribution in [0.3, 0.4) is 0 Å². The highest BCUT2D eigenvalue weighted by molar-refractivity contribution is 4.88. The van der Waals surface area contributed by atoms with Crippen molar-refractivity contribution in [2.24, 2.45) is 0 Å². The lowest BCUT2D eigenvalue weighted by molar-refractivity contribution is -0.0190. The van der Waals surface area contributed by atoms with E-state index in [1.807, 2.05) is 0 Å². The third-order valence-corrected chi connectivity index (χ3v) is 2.46. The van der Waals surface area contributed by atoms with Gasteiger partial charge in [0.15, 0.2) is 0 Å². The molecule has 2 unspecified atom stereocenters. The third-order valence-electron chi connectivity index (χ3n) is 2.46. The Labute approximate surface area is 86.8 Å². The quantitative estimate of drug-likeness (QED) is 0.655. The van der Waals surface area contributed by atoms with Crippen molar-refractivity contribution in [3.05, 3.63) is 0 Å². The maximum atomic E-state index is 5.62. The van der Waals surface area contributed by atoms with E-state index in [0.717, 1.165) is 32.7 Å². The molecule has 80 valence electrons. The molecule has 0 aromatic carbocycles. The summed E-state index contributed by atoms with van der Waals surface area (Å²) in [5, 5.41) is 3.38. The fourth-order valence-electron chi connectivity index (χ4n) is 1.57. The molecular weight excluding hydrogens is 176 g/mol. The summed E-state index contributed by atoms with van der Waals surface area (Å²) < 4.78 is 5.62. The summed E-state index contributed by atoms with van der Waals surface area (Å²) in [6.07, 6.45) is 6.32. The molecule has 3 heteroatoms.